The van der Waals surface area contributed by atoms with Crippen molar-refractivity contribution in [2.75, 3.05) is 24.1 Å². The van der Waals surface area contributed by atoms with Crippen LogP contribution in [0.15, 0.2) is 71.6 Å². The van der Waals surface area contributed by atoms with Crippen LogP contribution in [0.3, 0.4) is 0 Å². The van der Waals surface area contributed by atoms with Gasteiger partial charge in [0.2, 0.25) is 11.8 Å². The molecule has 42 heavy (non-hydrogen) atoms. The first-order valence-electron chi connectivity index (χ1n) is 13.5. The fourth-order valence-electron chi connectivity index (χ4n) is 4.33. The van der Waals surface area contributed by atoms with Gasteiger partial charge in [0.25, 0.3) is 10.0 Å². The summed E-state index contributed by atoms with van der Waals surface area (Å²) in [6.45, 7) is 5.28. The summed E-state index contributed by atoms with van der Waals surface area (Å²) < 4.78 is 53.8. The maximum absolute atomic E-state index is 14.0. The molecule has 2 amide bonds. The summed E-state index contributed by atoms with van der Waals surface area (Å²) in [5, 5.41) is 3.33. The van der Waals surface area contributed by atoms with Crippen molar-refractivity contribution < 1.29 is 31.9 Å². The second kappa shape index (κ2) is 13.4. The number of benzene rings is 3. The molecule has 2 atom stereocenters. The molecule has 1 aliphatic rings. The van der Waals surface area contributed by atoms with Crippen molar-refractivity contribution in [2.45, 2.75) is 50.7 Å². The lowest BCUT2D eigenvalue weighted by Gasteiger charge is -2.32. The minimum absolute atomic E-state index is 0.00415. The number of anilines is 1. The van der Waals surface area contributed by atoms with Crippen molar-refractivity contribution in [3.05, 3.63) is 83.1 Å². The Kier molecular flexibility index (Phi) is 9.95. The lowest BCUT2D eigenvalue weighted by Crippen LogP contribution is -2.52. The number of nitrogens with zero attached hydrogens (tertiary/aromatic N) is 2. The highest BCUT2D eigenvalue weighted by Gasteiger charge is 2.33. The standard InChI is InChI=1S/C30H33ClFN3O6S/c1-4-20(2)33-30(37)21(3)34(18-22-6-5-7-23(31)16-22)29(36)19-35(25-10-8-24(32)9-11-25)42(38,39)26-12-13-27-28(17-26)41-15-14-40-27/h5-13,16-17,20-21H,4,14-15,18-19H2,1-3H3,(H,33,37)/t20-,21+/m1/s1. The van der Waals surface area contributed by atoms with Crippen molar-refractivity contribution >= 4 is 39.1 Å². The number of sulfonamides is 1. The molecule has 224 valence electrons. The fraction of sp³-hybridized carbons (Fsp3) is 0.333. The summed E-state index contributed by atoms with van der Waals surface area (Å²) in [5.41, 5.74) is 0.723. The Morgan fingerprint density at radius 3 is 2.36 bits per heavy atom. The molecule has 3 aromatic carbocycles. The molecule has 0 fully saturated rings. The second-order valence-corrected chi connectivity index (χ2v) is 12.2. The van der Waals surface area contributed by atoms with Gasteiger partial charge in [0.05, 0.1) is 10.6 Å². The number of nitrogens with one attached hydrogen (secondary N) is 1. The monoisotopic (exact) mass is 617 g/mol. The van der Waals surface area contributed by atoms with Crippen molar-refractivity contribution in [3.8, 4) is 11.5 Å². The lowest BCUT2D eigenvalue weighted by molar-refractivity contribution is -0.139. The van der Waals surface area contributed by atoms with Crippen LogP contribution in [-0.4, -0.2) is 57.0 Å². The van der Waals surface area contributed by atoms with Gasteiger partial charge in [0, 0.05) is 23.7 Å². The number of amides is 2. The molecule has 0 spiro atoms. The number of hydrogen-bond donors (Lipinski definition) is 1. The maximum atomic E-state index is 14.0. The van der Waals surface area contributed by atoms with Crippen molar-refractivity contribution in [2.24, 2.45) is 0 Å². The summed E-state index contributed by atoms with van der Waals surface area (Å²) in [5.74, 6) is -0.946. The summed E-state index contributed by atoms with van der Waals surface area (Å²) >= 11 is 6.17. The number of rotatable bonds is 11. The SMILES string of the molecule is CC[C@@H](C)NC(=O)[C@H](C)N(Cc1cccc(Cl)c1)C(=O)CN(c1ccc(F)cc1)S(=O)(=O)c1ccc2c(c1)OCCO2. The van der Waals surface area contributed by atoms with E-state index in [1.807, 2.05) is 13.8 Å². The highest BCUT2D eigenvalue weighted by atomic mass is 35.5. The van der Waals surface area contributed by atoms with E-state index >= 15 is 0 Å². The van der Waals surface area contributed by atoms with E-state index in [0.29, 0.717) is 29.4 Å². The van der Waals surface area contributed by atoms with Gasteiger partial charge >= 0.3 is 0 Å². The van der Waals surface area contributed by atoms with E-state index in [9.17, 15) is 22.4 Å². The Morgan fingerprint density at radius 2 is 1.69 bits per heavy atom. The number of fused-ring (bicyclic) bond motifs is 1. The average Bonchev–Trinajstić information content (AvgIpc) is 2.98. The average molecular weight is 618 g/mol. The molecule has 0 unspecified atom stereocenters. The number of carbonyl (C=O) groups is 2. The van der Waals surface area contributed by atoms with Crippen molar-refractivity contribution in [3.63, 3.8) is 0 Å². The summed E-state index contributed by atoms with van der Waals surface area (Å²) in [6, 6.07) is 14.7. The van der Waals surface area contributed by atoms with Crippen LogP contribution in [-0.2, 0) is 26.2 Å². The highest BCUT2D eigenvalue weighted by Crippen LogP contribution is 2.34. The zero-order chi connectivity index (χ0) is 30.4. The molecule has 1 aliphatic heterocycles. The van der Waals surface area contributed by atoms with Crippen LogP contribution in [0.25, 0.3) is 0 Å². The first-order valence-corrected chi connectivity index (χ1v) is 15.3. The Morgan fingerprint density at radius 1 is 1.00 bits per heavy atom. The molecule has 1 N–H and O–H groups in total. The van der Waals surface area contributed by atoms with Crippen LogP contribution in [0.1, 0.15) is 32.8 Å². The van der Waals surface area contributed by atoms with Gasteiger partial charge in [-0.15, -0.1) is 0 Å². The number of hydrogen-bond acceptors (Lipinski definition) is 6. The van der Waals surface area contributed by atoms with Gasteiger partial charge in [-0.3, -0.25) is 13.9 Å². The van der Waals surface area contributed by atoms with E-state index < -0.39 is 34.3 Å². The predicted molar refractivity (Wildman–Crippen MR) is 158 cm³/mol. The Hall–Kier alpha value is -3.83. The summed E-state index contributed by atoms with van der Waals surface area (Å²) in [6.07, 6.45) is 0.687. The summed E-state index contributed by atoms with van der Waals surface area (Å²) in [7, 11) is -4.37. The summed E-state index contributed by atoms with van der Waals surface area (Å²) in [4.78, 5) is 28.3. The van der Waals surface area contributed by atoms with Gasteiger partial charge in [-0.1, -0.05) is 30.7 Å². The lowest BCUT2D eigenvalue weighted by atomic mass is 10.1. The molecule has 0 aliphatic carbocycles. The zero-order valence-electron chi connectivity index (χ0n) is 23.5. The van der Waals surface area contributed by atoms with Crippen LogP contribution in [0.5, 0.6) is 11.5 Å². The van der Waals surface area contributed by atoms with E-state index in [4.69, 9.17) is 21.1 Å². The first-order chi connectivity index (χ1) is 20.0. The molecule has 0 radical (unpaired) electrons. The van der Waals surface area contributed by atoms with Gasteiger partial charge < -0.3 is 19.7 Å². The smallest absolute Gasteiger partial charge is 0.264 e. The Balaban J connectivity index is 1.72. The number of ether oxygens (including phenoxy) is 2. The van der Waals surface area contributed by atoms with E-state index in [2.05, 4.69) is 5.32 Å². The van der Waals surface area contributed by atoms with Crippen LogP contribution in [0.2, 0.25) is 5.02 Å². The molecule has 0 aromatic heterocycles. The quantitative estimate of drug-likeness (QED) is 0.332. The largest absolute Gasteiger partial charge is 0.486 e. The number of halogens is 2. The molecule has 9 nitrogen and oxygen atoms in total. The molecular weight excluding hydrogens is 585 g/mol. The molecule has 0 bridgehead atoms. The van der Waals surface area contributed by atoms with E-state index in [0.717, 1.165) is 16.4 Å². The Labute approximate surface area is 250 Å². The van der Waals surface area contributed by atoms with E-state index in [-0.39, 0.29) is 41.4 Å². The van der Waals surface area contributed by atoms with Crippen LogP contribution >= 0.6 is 11.6 Å². The molecular formula is C30H33ClFN3O6S. The van der Waals surface area contributed by atoms with Gasteiger partial charge in [0.1, 0.15) is 31.6 Å². The molecule has 12 heteroatoms. The Bertz CT molecular complexity index is 1540. The van der Waals surface area contributed by atoms with Gasteiger partial charge in [-0.25, -0.2) is 12.8 Å². The van der Waals surface area contributed by atoms with Crippen molar-refractivity contribution in [1.29, 1.82) is 0 Å². The molecule has 0 saturated carbocycles. The number of carbonyl (C=O) groups excluding carboxylic acids is 2. The highest BCUT2D eigenvalue weighted by molar-refractivity contribution is 7.92. The predicted octanol–water partition coefficient (Wildman–Crippen LogP) is 4.78. The molecule has 4 rings (SSSR count). The van der Waals surface area contributed by atoms with Crippen LogP contribution < -0.4 is 19.1 Å². The third kappa shape index (κ3) is 7.32. The minimum Gasteiger partial charge on any atom is -0.486 e. The van der Waals surface area contributed by atoms with Gasteiger partial charge in [0.15, 0.2) is 11.5 Å². The van der Waals surface area contributed by atoms with E-state index in [1.54, 1.807) is 31.2 Å². The second-order valence-electron chi connectivity index (χ2n) is 9.94. The molecule has 0 saturated heterocycles. The normalized spacial score (nSPS) is 14.0. The van der Waals surface area contributed by atoms with E-state index in [1.165, 1.54) is 35.2 Å². The third-order valence-corrected chi connectivity index (χ3v) is 8.91. The minimum atomic E-state index is -4.37. The van der Waals surface area contributed by atoms with Gasteiger partial charge in [-0.05, 0) is 74.4 Å². The van der Waals surface area contributed by atoms with Gasteiger partial charge in [-0.2, -0.15) is 0 Å². The van der Waals surface area contributed by atoms with Crippen molar-refractivity contribution in [1.82, 2.24) is 10.2 Å². The maximum Gasteiger partial charge on any atom is 0.264 e. The topological polar surface area (TPSA) is 105 Å². The van der Waals surface area contributed by atoms with Crippen LogP contribution in [0, 0.1) is 5.82 Å². The third-order valence-electron chi connectivity index (χ3n) is 6.91. The fourth-order valence-corrected chi connectivity index (χ4v) is 5.97. The molecule has 1 heterocycles. The molecule has 3 aromatic rings. The zero-order valence-corrected chi connectivity index (χ0v) is 25.1. The first kappa shape index (κ1) is 31.1. The van der Waals surface area contributed by atoms with Crippen LogP contribution in [0.4, 0.5) is 10.1 Å².